The Morgan fingerprint density at radius 1 is 1.00 bits per heavy atom. The molecule has 2 heteroatoms. The average Bonchev–Trinajstić information content (AvgIpc) is 2.79. The Kier molecular flexibility index (Phi) is 3.58. The second-order valence-electron chi connectivity index (χ2n) is 3.54. The molecule has 0 atom stereocenters. The molecule has 0 aliphatic rings. The van der Waals surface area contributed by atoms with Crippen LogP contribution in [0.15, 0.2) is 53.3 Å². The molecule has 78 valence electrons. The van der Waals surface area contributed by atoms with Crippen molar-refractivity contribution in [1.82, 2.24) is 5.32 Å². The van der Waals surface area contributed by atoms with E-state index in [0.29, 0.717) is 0 Å². The van der Waals surface area contributed by atoms with Gasteiger partial charge < -0.3 is 9.73 Å². The summed E-state index contributed by atoms with van der Waals surface area (Å²) >= 11 is 0. The van der Waals surface area contributed by atoms with E-state index in [-0.39, 0.29) is 0 Å². The molecule has 0 bridgehead atoms. The molecule has 0 aliphatic carbocycles. The number of benzene rings is 1. The van der Waals surface area contributed by atoms with Crippen LogP contribution in [-0.2, 0) is 13.0 Å². The summed E-state index contributed by atoms with van der Waals surface area (Å²) in [6.07, 6.45) is 4.54. The van der Waals surface area contributed by atoms with Crippen LogP contribution in [0.2, 0.25) is 0 Å². The highest BCUT2D eigenvalue weighted by Crippen LogP contribution is 2.00. The molecule has 0 fully saturated rings. The number of rotatable bonds is 5. The maximum absolute atomic E-state index is 4.99. The van der Waals surface area contributed by atoms with Gasteiger partial charge in [-0.15, -0.1) is 0 Å². The van der Waals surface area contributed by atoms with Gasteiger partial charge in [-0.05, 0) is 24.6 Å². The highest BCUT2D eigenvalue weighted by Gasteiger charge is 1.94. The predicted octanol–water partition coefficient (Wildman–Crippen LogP) is 2.61. The van der Waals surface area contributed by atoms with Crippen LogP contribution in [0.1, 0.15) is 11.1 Å². The van der Waals surface area contributed by atoms with E-state index in [4.69, 9.17) is 4.42 Å². The molecule has 0 spiro atoms. The first kappa shape index (κ1) is 9.99. The molecule has 1 heterocycles. The zero-order valence-electron chi connectivity index (χ0n) is 8.65. The lowest BCUT2D eigenvalue weighted by atomic mass is 10.1. The molecule has 2 nitrogen and oxygen atoms in total. The van der Waals surface area contributed by atoms with Gasteiger partial charge in [0.25, 0.3) is 0 Å². The summed E-state index contributed by atoms with van der Waals surface area (Å²) in [5.41, 5.74) is 2.57. The first-order chi connectivity index (χ1) is 7.45. The van der Waals surface area contributed by atoms with Gasteiger partial charge in [0.05, 0.1) is 12.5 Å². The lowest BCUT2D eigenvalue weighted by Crippen LogP contribution is -2.16. The standard InChI is InChI=1S/C13H15NO/c1-2-4-12(5-3-1)6-8-14-10-13-7-9-15-11-13/h1-5,7,9,11,14H,6,8,10H2. The third-order valence-corrected chi connectivity index (χ3v) is 2.34. The number of hydrogen-bond acceptors (Lipinski definition) is 2. The fourth-order valence-electron chi connectivity index (χ4n) is 1.50. The molecule has 0 saturated heterocycles. The predicted molar refractivity (Wildman–Crippen MR) is 60.6 cm³/mol. The van der Waals surface area contributed by atoms with Crippen molar-refractivity contribution in [3.63, 3.8) is 0 Å². The highest BCUT2D eigenvalue weighted by molar-refractivity contribution is 5.14. The molecular weight excluding hydrogens is 186 g/mol. The highest BCUT2D eigenvalue weighted by atomic mass is 16.3. The minimum absolute atomic E-state index is 0.878. The van der Waals surface area contributed by atoms with E-state index in [2.05, 4.69) is 29.6 Å². The molecule has 1 aromatic heterocycles. The topological polar surface area (TPSA) is 25.2 Å². The molecule has 1 aromatic carbocycles. The van der Waals surface area contributed by atoms with Crippen LogP contribution in [0.5, 0.6) is 0 Å². The Labute approximate surface area is 89.9 Å². The van der Waals surface area contributed by atoms with E-state index < -0.39 is 0 Å². The zero-order valence-corrected chi connectivity index (χ0v) is 8.65. The number of nitrogens with one attached hydrogen (secondary N) is 1. The van der Waals surface area contributed by atoms with Gasteiger partial charge in [-0.1, -0.05) is 30.3 Å². The van der Waals surface area contributed by atoms with Gasteiger partial charge in [-0.25, -0.2) is 0 Å². The summed E-state index contributed by atoms with van der Waals surface area (Å²) in [6, 6.07) is 12.5. The van der Waals surface area contributed by atoms with Crippen molar-refractivity contribution >= 4 is 0 Å². The average molecular weight is 201 g/mol. The Balaban J connectivity index is 1.68. The van der Waals surface area contributed by atoms with Crippen molar-refractivity contribution in [2.45, 2.75) is 13.0 Å². The first-order valence-electron chi connectivity index (χ1n) is 5.21. The van der Waals surface area contributed by atoms with Crippen LogP contribution in [-0.4, -0.2) is 6.54 Å². The van der Waals surface area contributed by atoms with E-state index in [1.165, 1.54) is 11.1 Å². The second-order valence-corrected chi connectivity index (χ2v) is 3.54. The maximum Gasteiger partial charge on any atom is 0.0947 e. The minimum atomic E-state index is 0.878. The zero-order chi connectivity index (χ0) is 10.3. The van der Waals surface area contributed by atoms with Crippen LogP contribution in [0.3, 0.4) is 0 Å². The summed E-state index contributed by atoms with van der Waals surface area (Å²) in [5, 5.41) is 3.38. The molecule has 2 aromatic rings. The molecule has 0 amide bonds. The molecule has 0 radical (unpaired) electrons. The smallest absolute Gasteiger partial charge is 0.0947 e. The van der Waals surface area contributed by atoms with E-state index in [9.17, 15) is 0 Å². The van der Waals surface area contributed by atoms with Gasteiger partial charge in [-0.2, -0.15) is 0 Å². The quantitative estimate of drug-likeness (QED) is 0.752. The van der Waals surface area contributed by atoms with Gasteiger partial charge >= 0.3 is 0 Å². The first-order valence-corrected chi connectivity index (χ1v) is 5.21. The number of furan rings is 1. The SMILES string of the molecule is c1ccc(CCNCc2ccoc2)cc1. The fraction of sp³-hybridized carbons (Fsp3) is 0.231. The lowest BCUT2D eigenvalue weighted by molar-refractivity contribution is 0.560. The molecule has 0 unspecified atom stereocenters. The van der Waals surface area contributed by atoms with E-state index in [0.717, 1.165) is 19.5 Å². The number of hydrogen-bond donors (Lipinski definition) is 1. The third kappa shape index (κ3) is 3.26. The summed E-state index contributed by atoms with van der Waals surface area (Å²) in [7, 11) is 0. The molecule has 2 rings (SSSR count). The van der Waals surface area contributed by atoms with Crippen LogP contribution in [0.25, 0.3) is 0 Å². The van der Waals surface area contributed by atoms with Crippen molar-refractivity contribution < 1.29 is 4.42 Å². The Bertz CT molecular complexity index is 367. The van der Waals surface area contributed by atoms with Crippen molar-refractivity contribution in [3.8, 4) is 0 Å². The molecule has 15 heavy (non-hydrogen) atoms. The Morgan fingerprint density at radius 3 is 2.60 bits per heavy atom. The maximum atomic E-state index is 4.99. The summed E-state index contributed by atoms with van der Waals surface area (Å²) in [6.45, 7) is 1.87. The van der Waals surface area contributed by atoms with Crippen LogP contribution in [0, 0.1) is 0 Å². The molecule has 1 N–H and O–H groups in total. The van der Waals surface area contributed by atoms with Crippen LogP contribution in [0.4, 0.5) is 0 Å². The monoisotopic (exact) mass is 201 g/mol. The van der Waals surface area contributed by atoms with Gasteiger partial charge in [-0.3, -0.25) is 0 Å². The minimum Gasteiger partial charge on any atom is -0.472 e. The largest absolute Gasteiger partial charge is 0.472 e. The lowest BCUT2D eigenvalue weighted by Gasteiger charge is -2.02. The van der Waals surface area contributed by atoms with Crippen molar-refractivity contribution in [2.75, 3.05) is 6.54 Å². The fourth-order valence-corrected chi connectivity index (χ4v) is 1.50. The second kappa shape index (κ2) is 5.37. The van der Waals surface area contributed by atoms with Crippen molar-refractivity contribution in [2.24, 2.45) is 0 Å². The van der Waals surface area contributed by atoms with Gasteiger partial charge in [0.15, 0.2) is 0 Å². The van der Waals surface area contributed by atoms with E-state index in [1.54, 1.807) is 12.5 Å². The summed E-state index contributed by atoms with van der Waals surface area (Å²) in [5.74, 6) is 0. The third-order valence-electron chi connectivity index (χ3n) is 2.34. The van der Waals surface area contributed by atoms with Gasteiger partial charge in [0, 0.05) is 12.1 Å². The van der Waals surface area contributed by atoms with Crippen LogP contribution < -0.4 is 5.32 Å². The summed E-state index contributed by atoms with van der Waals surface area (Å²) in [4.78, 5) is 0. The van der Waals surface area contributed by atoms with Crippen molar-refractivity contribution in [1.29, 1.82) is 0 Å². The van der Waals surface area contributed by atoms with E-state index >= 15 is 0 Å². The molecular formula is C13H15NO. The van der Waals surface area contributed by atoms with Gasteiger partial charge in [0.1, 0.15) is 0 Å². The molecule has 0 aliphatic heterocycles. The van der Waals surface area contributed by atoms with Gasteiger partial charge in [0.2, 0.25) is 0 Å². The molecule has 0 saturated carbocycles. The van der Waals surface area contributed by atoms with Crippen molar-refractivity contribution in [3.05, 3.63) is 60.1 Å². The van der Waals surface area contributed by atoms with E-state index in [1.807, 2.05) is 12.1 Å². The normalized spacial score (nSPS) is 10.4. The summed E-state index contributed by atoms with van der Waals surface area (Å²) < 4.78 is 4.99. The Hall–Kier alpha value is -1.54. The van der Waals surface area contributed by atoms with Crippen LogP contribution >= 0.6 is 0 Å². The Morgan fingerprint density at radius 2 is 1.87 bits per heavy atom.